The number of amides is 1. The summed E-state index contributed by atoms with van der Waals surface area (Å²) < 4.78 is 36.1. The topological polar surface area (TPSA) is 90.9 Å². The van der Waals surface area contributed by atoms with Crippen molar-refractivity contribution in [2.24, 2.45) is 4.99 Å². The van der Waals surface area contributed by atoms with Gasteiger partial charge < -0.3 is 15.5 Å². The molecule has 0 bridgehead atoms. The fraction of sp³-hybridized carbons (Fsp3) is 0.529. The Morgan fingerprint density at radius 2 is 2.19 bits per heavy atom. The molecule has 1 aliphatic heterocycles. The van der Waals surface area contributed by atoms with Crippen molar-refractivity contribution in [2.75, 3.05) is 32.1 Å². The number of benzene rings is 1. The third-order valence-electron chi connectivity index (χ3n) is 4.11. The second kappa shape index (κ2) is 8.98. The lowest BCUT2D eigenvalue weighted by Crippen LogP contribution is -2.41. The molecule has 0 saturated carbocycles. The zero-order valence-corrected chi connectivity index (χ0v) is 15.9. The van der Waals surface area contributed by atoms with E-state index in [2.05, 4.69) is 15.6 Å². The zero-order chi connectivity index (χ0) is 19.2. The monoisotopic (exact) mass is 384 g/mol. The molecule has 0 aliphatic carbocycles. The van der Waals surface area contributed by atoms with Gasteiger partial charge in [0, 0.05) is 39.6 Å². The molecule has 0 spiro atoms. The Morgan fingerprint density at radius 3 is 2.81 bits per heavy atom. The van der Waals surface area contributed by atoms with Gasteiger partial charge in [-0.25, -0.2) is 12.8 Å². The number of sulfone groups is 1. The van der Waals surface area contributed by atoms with Gasteiger partial charge in [0.15, 0.2) is 15.8 Å². The first-order valence-electron chi connectivity index (χ1n) is 8.45. The number of rotatable bonds is 6. The average Bonchev–Trinajstić information content (AvgIpc) is 2.90. The van der Waals surface area contributed by atoms with E-state index in [1.54, 1.807) is 13.1 Å². The first kappa shape index (κ1) is 20.2. The standard InChI is InChI=1S/C17H25FN4O3S/c1-19-17(22(2)11-13-4-3-5-14(18)10-13)20-8-6-16(23)21-15-7-9-26(24,25)12-15/h3-5,10,15H,6-9,11-12H2,1-2H3,(H,19,20)(H,21,23). The van der Waals surface area contributed by atoms with E-state index in [-0.39, 0.29) is 35.7 Å². The molecule has 26 heavy (non-hydrogen) atoms. The summed E-state index contributed by atoms with van der Waals surface area (Å²) in [7, 11) is 0.450. The fourth-order valence-corrected chi connectivity index (χ4v) is 4.54. The number of carbonyl (C=O) groups is 1. The van der Waals surface area contributed by atoms with Crippen molar-refractivity contribution in [1.29, 1.82) is 0 Å². The third kappa shape index (κ3) is 6.29. The minimum atomic E-state index is -3.01. The second-order valence-corrected chi connectivity index (χ2v) is 8.61. The van der Waals surface area contributed by atoms with E-state index in [4.69, 9.17) is 0 Å². The van der Waals surface area contributed by atoms with Gasteiger partial charge in [0.2, 0.25) is 5.91 Å². The first-order chi connectivity index (χ1) is 12.3. The van der Waals surface area contributed by atoms with Crippen LogP contribution in [0, 0.1) is 5.82 Å². The van der Waals surface area contributed by atoms with Gasteiger partial charge in [-0.1, -0.05) is 12.1 Å². The molecule has 0 radical (unpaired) electrons. The van der Waals surface area contributed by atoms with E-state index in [1.165, 1.54) is 12.1 Å². The third-order valence-corrected chi connectivity index (χ3v) is 5.88. The molecule has 1 heterocycles. The van der Waals surface area contributed by atoms with Crippen LogP contribution in [-0.4, -0.2) is 63.4 Å². The van der Waals surface area contributed by atoms with Gasteiger partial charge in [-0.3, -0.25) is 9.79 Å². The van der Waals surface area contributed by atoms with Gasteiger partial charge in [-0.15, -0.1) is 0 Å². The maximum absolute atomic E-state index is 13.3. The predicted molar refractivity (Wildman–Crippen MR) is 99.0 cm³/mol. The van der Waals surface area contributed by atoms with Crippen molar-refractivity contribution in [2.45, 2.75) is 25.4 Å². The number of nitrogens with one attached hydrogen (secondary N) is 2. The second-order valence-electron chi connectivity index (χ2n) is 6.38. The summed E-state index contributed by atoms with van der Waals surface area (Å²) in [5.41, 5.74) is 0.815. The first-order valence-corrected chi connectivity index (χ1v) is 10.3. The average molecular weight is 384 g/mol. The lowest BCUT2D eigenvalue weighted by molar-refractivity contribution is -0.121. The Bertz CT molecular complexity index is 767. The molecule has 9 heteroatoms. The molecule has 1 unspecified atom stereocenters. The molecule has 1 aliphatic rings. The number of aliphatic imine (C=N–C) groups is 1. The normalized spacial score (nSPS) is 19.2. The number of carbonyl (C=O) groups excluding carboxylic acids is 1. The van der Waals surface area contributed by atoms with E-state index in [0.29, 0.717) is 25.5 Å². The van der Waals surface area contributed by atoms with Crippen LogP contribution in [0.25, 0.3) is 0 Å². The molecule has 2 rings (SSSR count). The molecule has 1 saturated heterocycles. The van der Waals surface area contributed by atoms with Crippen molar-refractivity contribution in [1.82, 2.24) is 15.5 Å². The van der Waals surface area contributed by atoms with Crippen LogP contribution in [-0.2, 0) is 21.2 Å². The van der Waals surface area contributed by atoms with Crippen LogP contribution >= 0.6 is 0 Å². The summed E-state index contributed by atoms with van der Waals surface area (Å²) in [6.07, 6.45) is 0.683. The van der Waals surface area contributed by atoms with Crippen LogP contribution < -0.4 is 10.6 Å². The summed E-state index contributed by atoms with van der Waals surface area (Å²) in [5, 5.41) is 5.83. The van der Waals surface area contributed by atoms with E-state index < -0.39 is 9.84 Å². The Labute approximate surface area is 153 Å². The summed E-state index contributed by atoms with van der Waals surface area (Å²) >= 11 is 0. The number of hydrogen-bond acceptors (Lipinski definition) is 4. The van der Waals surface area contributed by atoms with Crippen molar-refractivity contribution in [3.63, 3.8) is 0 Å². The summed E-state index contributed by atoms with van der Waals surface area (Å²) in [4.78, 5) is 17.9. The molecule has 2 N–H and O–H groups in total. The van der Waals surface area contributed by atoms with E-state index in [1.807, 2.05) is 18.0 Å². The summed E-state index contributed by atoms with van der Waals surface area (Å²) in [6, 6.07) is 6.05. The van der Waals surface area contributed by atoms with Crippen LogP contribution in [0.5, 0.6) is 0 Å². The molecule has 1 aromatic rings. The molecular formula is C17H25FN4O3S. The van der Waals surface area contributed by atoms with Gasteiger partial charge >= 0.3 is 0 Å². The van der Waals surface area contributed by atoms with E-state index in [9.17, 15) is 17.6 Å². The quantitative estimate of drug-likeness (QED) is 0.551. The lowest BCUT2D eigenvalue weighted by atomic mass is 10.2. The van der Waals surface area contributed by atoms with Gasteiger partial charge in [-0.05, 0) is 24.1 Å². The molecule has 7 nitrogen and oxygen atoms in total. The molecule has 1 aromatic carbocycles. The van der Waals surface area contributed by atoms with Crippen molar-refractivity contribution in [3.05, 3.63) is 35.6 Å². The van der Waals surface area contributed by atoms with E-state index >= 15 is 0 Å². The van der Waals surface area contributed by atoms with Gasteiger partial charge in [0.05, 0.1) is 11.5 Å². The van der Waals surface area contributed by atoms with Crippen molar-refractivity contribution < 1.29 is 17.6 Å². The number of halogens is 1. The number of hydrogen-bond donors (Lipinski definition) is 2. The maximum Gasteiger partial charge on any atom is 0.222 e. The Kier molecular flexibility index (Phi) is 6.96. The highest BCUT2D eigenvalue weighted by atomic mass is 32.2. The molecular weight excluding hydrogens is 359 g/mol. The minimum absolute atomic E-state index is 0.0181. The molecule has 1 amide bonds. The van der Waals surface area contributed by atoms with Gasteiger partial charge in [0.25, 0.3) is 0 Å². The SMILES string of the molecule is CN=C(NCCC(=O)NC1CCS(=O)(=O)C1)N(C)Cc1cccc(F)c1. The summed E-state index contributed by atoms with van der Waals surface area (Å²) in [6.45, 7) is 0.842. The van der Waals surface area contributed by atoms with E-state index in [0.717, 1.165) is 5.56 Å². The highest BCUT2D eigenvalue weighted by Gasteiger charge is 2.28. The smallest absolute Gasteiger partial charge is 0.222 e. The molecule has 144 valence electrons. The van der Waals surface area contributed by atoms with Crippen LogP contribution in [0.1, 0.15) is 18.4 Å². The van der Waals surface area contributed by atoms with Crippen molar-refractivity contribution in [3.8, 4) is 0 Å². The number of nitrogens with zero attached hydrogens (tertiary/aromatic N) is 2. The Morgan fingerprint density at radius 1 is 1.42 bits per heavy atom. The highest BCUT2D eigenvalue weighted by Crippen LogP contribution is 2.11. The lowest BCUT2D eigenvalue weighted by Gasteiger charge is -2.22. The van der Waals surface area contributed by atoms with Gasteiger partial charge in [0.1, 0.15) is 5.82 Å². The van der Waals surface area contributed by atoms with Crippen LogP contribution in [0.15, 0.2) is 29.3 Å². The number of guanidine groups is 1. The maximum atomic E-state index is 13.3. The van der Waals surface area contributed by atoms with Gasteiger partial charge in [-0.2, -0.15) is 0 Å². The fourth-order valence-electron chi connectivity index (χ4n) is 2.87. The van der Waals surface area contributed by atoms with Crippen LogP contribution in [0.4, 0.5) is 4.39 Å². The molecule has 1 fully saturated rings. The Balaban J connectivity index is 1.75. The summed E-state index contributed by atoms with van der Waals surface area (Å²) in [5.74, 6) is 0.260. The Hall–Kier alpha value is -2.16. The van der Waals surface area contributed by atoms with Crippen LogP contribution in [0.2, 0.25) is 0 Å². The molecule has 0 aromatic heterocycles. The van der Waals surface area contributed by atoms with Crippen LogP contribution in [0.3, 0.4) is 0 Å². The van der Waals surface area contributed by atoms with Crippen molar-refractivity contribution >= 4 is 21.7 Å². The molecule has 1 atom stereocenters. The predicted octanol–water partition coefficient (Wildman–Crippen LogP) is 0.526. The zero-order valence-electron chi connectivity index (χ0n) is 15.0. The minimum Gasteiger partial charge on any atom is -0.356 e. The highest BCUT2D eigenvalue weighted by molar-refractivity contribution is 7.91. The largest absolute Gasteiger partial charge is 0.356 e.